The van der Waals surface area contributed by atoms with Gasteiger partial charge >= 0.3 is 0 Å². The highest BCUT2D eigenvalue weighted by atomic mass is 32.1. The largest absolute Gasteiger partial charge is 0.382 e. The molecule has 1 aliphatic carbocycles. The molecule has 0 atom stereocenters. The monoisotopic (exact) mass is 309 g/mol. The summed E-state index contributed by atoms with van der Waals surface area (Å²) in [6.45, 7) is 3.67. The molecule has 7 heteroatoms. The zero-order valence-electron chi connectivity index (χ0n) is 12.2. The number of nitrogen functional groups attached to an aromatic ring is 1. The first-order valence-electron chi connectivity index (χ1n) is 7.77. The van der Waals surface area contributed by atoms with Crippen molar-refractivity contribution in [3.8, 4) is 0 Å². The quantitative estimate of drug-likeness (QED) is 0.659. The van der Waals surface area contributed by atoms with Gasteiger partial charge in [0, 0.05) is 25.7 Å². The van der Waals surface area contributed by atoms with Gasteiger partial charge in [0.15, 0.2) is 5.13 Å². The summed E-state index contributed by atoms with van der Waals surface area (Å²) < 4.78 is 0. The topological polar surface area (TPSA) is 83.3 Å². The van der Waals surface area contributed by atoms with Crippen molar-refractivity contribution < 1.29 is 4.79 Å². The van der Waals surface area contributed by atoms with Crippen LogP contribution in [0.5, 0.6) is 0 Å². The molecular weight excluding hydrogens is 286 g/mol. The van der Waals surface area contributed by atoms with Crippen molar-refractivity contribution in [3.63, 3.8) is 0 Å². The molecule has 1 aromatic rings. The minimum Gasteiger partial charge on any atom is -0.382 e. The first-order valence-corrected chi connectivity index (χ1v) is 8.58. The highest BCUT2D eigenvalue weighted by Crippen LogP contribution is 2.30. The fourth-order valence-corrected chi connectivity index (χ4v) is 3.44. The molecule has 1 aromatic heterocycles. The van der Waals surface area contributed by atoms with E-state index in [9.17, 15) is 4.79 Å². The Hall–Kier alpha value is -1.34. The molecule has 0 aromatic carbocycles. The van der Waals surface area contributed by atoms with Crippen LogP contribution in [0.15, 0.2) is 0 Å². The Balaban J connectivity index is 1.46. The van der Waals surface area contributed by atoms with Crippen LogP contribution in [0.4, 0.5) is 10.9 Å². The Morgan fingerprint density at radius 3 is 2.81 bits per heavy atom. The molecule has 21 heavy (non-hydrogen) atoms. The number of nitrogens with one attached hydrogen (secondary N) is 2. The van der Waals surface area contributed by atoms with Crippen LogP contribution in [0.1, 0.15) is 41.8 Å². The third-order valence-electron chi connectivity index (χ3n) is 3.87. The van der Waals surface area contributed by atoms with Crippen LogP contribution in [0.2, 0.25) is 0 Å². The molecule has 3 rings (SSSR count). The van der Waals surface area contributed by atoms with E-state index in [1.807, 2.05) is 0 Å². The number of thiazole rings is 1. The smallest absolute Gasteiger partial charge is 0.265 e. The number of nitrogens with two attached hydrogens (primary N) is 1. The lowest BCUT2D eigenvalue weighted by Crippen LogP contribution is -2.27. The third kappa shape index (κ3) is 3.85. The second-order valence-corrected chi connectivity index (χ2v) is 6.72. The van der Waals surface area contributed by atoms with E-state index in [2.05, 4.69) is 20.5 Å². The average Bonchev–Trinajstić information content (AvgIpc) is 2.99. The molecule has 0 unspecified atom stereocenters. The maximum Gasteiger partial charge on any atom is 0.265 e. The summed E-state index contributed by atoms with van der Waals surface area (Å²) in [6.07, 6.45) is 5.91. The van der Waals surface area contributed by atoms with Crippen LogP contribution in [0.3, 0.4) is 0 Å². The Morgan fingerprint density at radius 1 is 1.33 bits per heavy atom. The van der Waals surface area contributed by atoms with E-state index in [4.69, 9.17) is 5.73 Å². The number of rotatable bonds is 7. The van der Waals surface area contributed by atoms with E-state index in [0.717, 1.165) is 37.2 Å². The van der Waals surface area contributed by atoms with Gasteiger partial charge in [0.2, 0.25) is 0 Å². The van der Waals surface area contributed by atoms with Gasteiger partial charge < -0.3 is 21.3 Å². The van der Waals surface area contributed by atoms with Gasteiger partial charge in [-0.05, 0) is 38.6 Å². The van der Waals surface area contributed by atoms with Crippen LogP contribution < -0.4 is 21.3 Å². The molecule has 2 fully saturated rings. The summed E-state index contributed by atoms with van der Waals surface area (Å²) in [7, 11) is 0. The highest BCUT2D eigenvalue weighted by molar-refractivity contribution is 7.18. The predicted octanol–water partition coefficient (Wildman–Crippen LogP) is 1.20. The normalized spacial score (nSPS) is 18.2. The van der Waals surface area contributed by atoms with E-state index in [0.29, 0.717) is 17.2 Å². The van der Waals surface area contributed by atoms with E-state index in [1.165, 1.54) is 37.0 Å². The van der Waals surface area contributed by atoms with Gasteiger partial charge in [-0.2, -0.15) is 0 Å². The van der Waals surface area contributed by atoms with Crippen LogP contribution in [-0.4, -0.2) is 43.1 Å². The average molecular weight is 309 g/mol. The number of nitrogens with zero attached hydrogens (tertiary/aromatic N) is 2. The molecule has 6 nitrogen and oxygen atoms in total. The van der Waals surface area contributed by atoms with Gasteiger partial charge in [-0.25, -0.2) is 4.98 Å². The van der Waals surface area contributed by atoms with Crippen molar-refractivity contribution in [1.29, 1.82) is 0 Å². The number of hydrogen-bond acceptors (Lipinski definition) is 6. The molecule has 1 amide bonds. The number of hydrogen-bond donors (Lipinski definition) is 3. The zero-order chi connectivity index (χ0) is 14.7. The summed E-state index contributed by atoms with van der Waals surface area (Å²) in [5.74, 6) is 0.261. The van der Waals surface area contributed by atoms with E-state index in [1.54, 1.807) is 0 Å². The lowest BCUT2D eigenvalue weighted by atomic mass is 10.4. The van der Waals surface area contributed by atoms with Crippen molar-refractivity contribution in [2.75, 3.05) is 36.8 Å². The molecule has 0 radical (unpaired) electrons. The van der Waals surface area contributed by atoms with Crippen LogP contribution >= 0.6 is 11.3 Å². The molecule has 1 saturated carbocycles. The van der Waals surface area contributed by atoms with Gasteiger partial charge in [-0.15, -0.1) is 0 Å². The number of carbonyl (C=O) groups is 1. The molecule has 4 N–H and O–H groups in total. The summed E-state index contributed by atoms with van der Waals surface area (Å²) >= 11 is 1.41. The second kappa shape index (κ2) is 6.62. The fourth-order valence-electron chi connectivity index (χ4n) is 2.49. The summed E-state index contributed by atoms with van der Waals surface area (Å²) in [5.41, 5.74) is 5.89. The number of aromatic nitrogens is 1. The van der Waals surface area contributed by atoms with E-state index < -0.39 is 0 Å². The van der Waals surface area contributed by atoms with Crippen molar-refractivity contribution in [3.05, 3.63) is 4.88 Å². The molecule has 2 aliphatic rings. The molecule has 0 spiro atoms. The third-order valence-corrected chi connectivity index (χ3v) is 5.01. The molecule has 1 aliphatic heterocycles. The first-order chi connectivity index (χ1) is 10.2. The van der Waals surface area contributed by atoms with E-state index in [-0.39, 0.29) is 5.91 Å². The molecular formula is C14H23N5OS. The lowest BCUT2D eigenvalue weighted by molar-refractivity contribution is 0.0958. The van der Waals surface area contributed by atoms with Gasteiger partial charge in [-0.1, -0.05) is 11.3 Å². The van der Waals surface area contributed by atoms with Gasteiger partial charge in [0.05, 0.1) is 0 Å². The lowest BCUT2D eigenvalue weighted by Gasteiger charge is -2.11. The molecule has 2 heterocycles. The summed E-state index contributed by atoms with van der Waals surface area (Å²) in [6, 6.07) is 0.723. The minimum absolute atomic E-state index is 0.0955. The molecule has 1 saturated heterocycles. The summed E-state index contributed by atoms with van der Waals surface area (Å²) in [5, 5.41) is 7.24. The van der Waals surface area contributed by atoms with Gasteiger partial charge in [-0.3, -0.25) is 4.79 Å². The standard InChI is InChI=1S/C14H23N5OS/c15-12-11(21-14(18-12)19-8-1-2-9-19)13(20)17-7-3-6-16-10-4-5-10/h10,16H,1-9,15H2,(H,17,20). The predicted molar refractivity (Wildman–Crippen MR) is 85.9 cm³/mol. The highest BCUT2D eigenvalue weighted by Gasteiger charge is 2.22. The van der Waals surface area contributed by atoms with Crippen molar-refractivity contribution in [2.45, 2.75) is 38.1 Å². The minimum atomic E-state index is -0.0955. The number of amides is 1. The van der Waals surface area contributed by atoms with Crippen molar-refractivity contribution in [2.24, 2.45) is 0 Å². The Labute approximate surface area is 129 Å². The Morgan fingerprint density at radius 2 is 2.10 bits per heavy atom. The Kier molecular flexibility index (Phi) is 4.60. The summed E-state index contributed by atoms with van der Waals surface area (Å²) in [4.78, 5) is 19.2. The molecule has 0 bridgehead atoms. The van der Waals surface area contributed by atoms with Crippen molar-refractivity contribution >= 4 is 28.2 Å². The Bertz CT molecular complexity index is 494. The number of anilines is 2. The zero-order valence-corrected chi connectivity index (χ0v) is 13.0. The molecule has 116 valence electrons. The fraction of sp³-hybridized carbons (Fsp3) is 0.714. The maximum atomic E-state index is 12.1. The van der Waals surface area contributed by atoms with Crippen LogP contribution in [0, 0.1) is 0 Å². The van der Waals surface area contributed by atoms with Crippen LogP contribution in [-0.2, 0) is 0 Å². The van der Waals surface area contributed by atoms with Crippen molar-refractivity contribution in [1.82, 2.24) is 15.6 Å². The SMILES string of the molecule is Nc1nc(N2CCCC2)sc1C(=O)NCCCNC1CC1. The van der Waals surface area contributed by atoms with Crippen LogP contribution in [0.25, 0.3) is 0 Å². The number of carbonyl (C=O) groups excluding carboxylic acids is 1. The van der Waals surface area contributed by atoms with Gasteiger partial charge in [0.25, 0.3) is 5.91 Å². The maximum absolute atomic E-state index is 12.1. The van der Waals surface area contributed by atoms with E-state index >= 15 is 0 Å². The second-order valence-electron chi connectivity index (χ2n) is 5.74. The first kappa shape index (κ1) is 14.6. The van der Waals surface area contributed by atoms with Gasteiger partial charge in [0.1, 0.15) is 10.7 Å².